The van der Waals surface area contributed by atoms with Crippen molar-refractivity contribution in [2.24, 2.45) is 5.14 Å². The summed E-state index contributed by atoms with van der Waals surface area (Å²) >= 11 is 0. The standard InChI is InChI=1S/C5H11NO4S/c1-9-4-2-10-3-5(4)11(6,7)8/h4-5H,2-3H2,1H3,(H2,6,7,8)/t4-,5+/m1/s1. The van der Waals surface area contributed by atoms with Gasteiger partial charge in [0.1, 0.15) is 11.4 Å². The van der Waals surface area contributed by atoms with Crippen LogP contribution >= 0.6 is 0 Å². The largest absolute Gasteiger partial charge is 0.378 e. The molecule has 1 aliphatic rings. The Morgan fingerprint density at radius 2 is 2.18 bits per heavy atom. The van der Waals surface area contributed by atoms with Gasteiger partial charge in [0.2, 0.25) is 10.0 Å². The van der Waals surface area contributed by atoms with E-state index in [0.29, 0.717) is 6.61 Å². The Hall–Kier alpha value is -0.170. The van der Waals surface area contributed by atoms with Crippen molar-refractivity contribution in [2.45, 2.75) is 11.4 Å². The first kappa shape index (κ1) is 8.92. The Labute approximate surface area is 65.5 Å². The zero-order chi connectivity index (χ0) is 8.48. The first-order valence-corrected chi connectivity index (χ1v) is 4.79. The zero-order valence-corrected chi connectivity index (χ0v) is 7.00. The van der Waals surface area contributed by atoms with Crippen molar-refractivity contribution in [3.05, 3.63) is 0 Å². The Morgan fingerprint density at radius 1 is 1.55 bits per heavy atom. The quantitative estimate of drug-likeness (QED) is 0.573. The van der Waals surface area contributed by atoms with Crippen LogP contribution in [0.5, 0.6) is 0 Å². The third-order valence-electron chi connectivity index (χ3n) is 1.70. The van der Waals surface area contributed by atoms with E-state index in [0.717, 1.165) is 0 Å². The van der Waals surface area contributed by atoms with Crippen LogP contribution in [0.2, 0.25) is 0 Å². The van der Waals surface area contributed by atoms with Gasteiger partial charge in [0.25, 0.3) is 0 Å². The van der Waals surface area contributed by atoms with Crippen LogP contribution in [0.25, 0.3) is 0 Å². The van der Waals surface area contributed by atoms with Crippen LogP contribution < -0.4 is 5.14 Å². The molecule has 0 radical (unpaired) electrons. The van der Waals surface area contributed by atoms with Crippen LogP contribution in [0.15, 0.2) is 0 Å². The lowest BCUT2D eigenvalue weighted by Crippen LogP contribution is -2.38. The minimum Gasteiger partial charge on any atom is -0.378 e. The molecule has 0 aromatic carbocycles. The van der Waals surface area contributed by atoms with Gasteiger partial charge >= 0.3 is 0 Å². The number of ether oxygens (including phenoxy) is 2. The van der Waals surface area contributed by atoms with Crippen molar-refractivity contribution in [2.75, 3.05) is 20.3 Å². The fourth-order valence-corrected chi connectivity index (χ4v) is 1.94. The van der Waals surface area contributed by atoms with Crippen LogP contribution in [0.3, 0.4) is 0 Å². The number of hydrogen-bond donors (Lipinski definition) is 1. The predicted molar refractivity (Wildman–Crippen MR) is 38.5 cm³/mol. The van der Waals surface area contributed by atoms with Crippen molar-refractivity contribution in [1.82, 2.24) is 0 Å². The first-order chi connectivity index (χ1) is 5.05. The number of primary sulfonamides is 1. The summed E-state index contributed by atoms with van der Waals surface area (Å²) in [4.78, 5) is 0. The van der Waals surface area contributed by atoms with Gasteiger partial charge < -0.3 is 9.47 Å². The number of rotatable bonds is 2. The van der Waals surface area contributed by atoms with E-state index < -0.39 is 21.4 Å². The van der Waals surface area contributed by atoms with Gasteiger partial charge in [0.15, 0.2) is 0 Å². The molecule has 0 saturated carbocycles. The molecule has 0 aromatic rings. The maximum atomic E-state index is 10.8. The lowest BCUT2D eigenvalue weighted by atomic mass is 10.3. The summed E-state index contributed by atoms with van der Waals surface area (Å²) in [7, 11) is -2.07. The fourth-order valence-electron chi connectivity index (χ4n) is 1.04. The molecule has 2 atom stereocenters. The predicted octanol–water partition coefficient (Wildman–Crippen LogP) is -1.31. The number of methoxy groups -OCH3 is 1. The molecule has 2 N–H and O–H groups in total. The van der Waals surface area contributed by atoms with Gasteiger partial charge in [-0.2, -0.15) is 0 Å². The van der Waals surface area contributed by atoms with Crippen molar-refractivity contribution in [3.63, 3.8) is 0 Å². The highest BCUT2D eigenvalue weighted by Gasteiger charge is 2.36. The lowest BCUT2D eigenvalue weighted by Gasteiger charge is -2.12. The van der Waals surface area contributed by atoms with E-state index in [1.165, 1.54) is 7.11 Å². The third kappa shape index (κ3) is 1.90. The lowest BCUT2D eigenvalue weighted by molar-refractivity contribution is 0.0829. The molecule has 66 valence electrons. The van der Waals surface area contributed by atoms with E-state index in [-0.39, 0.29) is 6.61 Å². The Morgan fingerprint density at radius 3 is 2.55 bits per heavy atom. The van der Waals surface area contributed by atoms with Crippen LogP contribution in [-0.4, -0.2) is 40.1 Å². The SMILES string of the molecule is CO[C@@H]1COC[C@@H]1S(N)(=O)=O. The zero-order valence-electron chi connectivity index (χ0n) is 6.19. The molecule has 5 nitrogen and oxygen atoms in total. The number of sulfonamides is 1. The average Bonchev–Trinajstić information content (AvgIpc) is 2.31. The van der Waals surface area contributed by atoms with E-state index in [9.17, 15) is 8.42 Å². The van der Waals surface area contributed by atoms with Gasteiger partial charge in [-0.25, -0.2) is 13.6 Å². The molecule has 0 aliphatic carbocycles. The summed E-state index contributed by atoms with van der Waals surface area (Å²) in [5.41, 5.74) is 0. The molecule has 0 spiro atoms. The first-order valence-electron chi connectivity index (χ1n) is 3.18. The van der Waals surface area contributed by atoms with Crippen molar-refractivity contribution in [3.8, 4) is 0 Å². The molecular formula is C5H11NO4S. The Kier molecular flexibility index (Phi) is 2.48. The Bertz CT molecular complexity index is 225. The van der Waals surface area contributed by atoms with Gasteiger partial charge in [-0.15, -0.1) is 0 Å². The average molecular weight is 181 g/mol. The highest BCUT2D eigenvalue weighted by atomic mass is 32.2. The van der Waals surface area contributed by atoms with E-state index in [1.54, 1.807) is 0 Å². The molecule has 0 amide bonds. The van der Waals surface area contributed by atoms with E-state index >= 15 is 0 Å². The molecule has 0 unspecified atom stereocenters. The van der Waals surface area contributed by atoms with E-state index in [2.05, 4.69) is 0 Å². The Balaban J connectivity index is 2.72. The van der Waals surface area contributed by atoms with Crippen LogP contribution in [0.4, 0.5) is 0 Å². The number of hydrogen-bond acceptors (Lipinski definition) is 4. The summed E-state index contributed by atoms with van der Waals surface area (Å²) < 4.78 is 31.4. The van der Waals surface area contributed by atoms with Crippen LogP contribution in [0, 0.1) is 0 Å². The van der Waals surface area contributed by atoms with E-state index in [1.807, 2.05) is 0 Å². The summed E-state index contributed by atoms with van der Waals surface area (Å²) in [5, 5.41) is 4.22. The fraction of sp³-hybridized carbons (Fsp3) is 1.00. The summed E-state index contributed by atoms with van der Waals surface area (Å²) in [6.45, 7) is 0.439. The third-order valence-corrected chi connectivity index (χ3v) is 2.99. The highest BCUT2D eigenvalue weighted by Crippen LogP contribution is 2.14. The minimum absolute atomic E-state index is 0.136. The summed E-state index contributed by atoms with van der Waals surface area (Å²) in [6.07, 6.45) is -0.412. The molecular weight excluding hydrogens is 170 g/mol. The van der Waals surface area contributed by atoms with Crippen molar-refractivity contribution in [1.29, 1.82) is 0 Å². The van der Waals surface area contributed by atoms with E-state index in [4.69, 9.17) is 14.6 Å². The van der Waals surface area contributed by atoms with Gasteiger partial charge in [-0.1, -0.05) is 0 Å². The highest BCUT2D eigenvalue weighted by molar-refractivity contribution is 7.89. The maximum Gasteiger partial charge on any atom is 0.216 e. The molecule has 0 bridgehead atoms. The van der Waals surface area contributed by atoms with Crippen molar-refractivity contribution >= 4 is 10.0 Å². The smallest absolute Gasteiger partial charge is 0.216 e. The normalized spacial score (nSPS) is 32.5. The molecule has 0 aromatic heterocycles. The maximum absolute atomic E-state index is 10.8. The summed E-state index contributed by atoms with van der Waals surface area (Å²) in [5.74, 6) is 0. The summed E-state index contributed by atoms with van der Waals surface area (Å²) in [6, 6.07) is 0. The van der Waals surface area contributed by atoms with Crippen LogP contribution in [-0.2, 0) is 19.5 Å². The topological polar surface area (TPSA) is 78.6 Å². The molecule has 1 fully saturated rings. The van der Waals surface area contributed by atoms with Gasteiger partial charge in [-0.3, -0.25) is 0 Å². The molecule has 1 saturated heterocycles. The minimum atomic E-state index is -3.51. The second-order valence-electron chi connectivity index (χ2n) is 2.44. The molecule has 1 heterocycles. The van der Waals surface area contributed by atoms with Gasteiger partial charge in [0.05, 0.1) is 13.2 Å². The molecule has 11 heavy (non-hydrogen) atoms. The van der Waals surface area contributed by atoms with Gasteiger partial charge in [0, 0.05) is 7.11 Å². The molecule has 1 rings (SSSR count). The number of nitrogens with two attached hydrogens (primary N) is 1. The van der Waals surface area contributed by atoms with Crippen LogP contribution in [0.1, 0.15) is 0 Å². The second-order valence-corrected chi connectivity index (χ2v) is 4.22. The monoisotopic (exact) mass is 181 g/mol. The van der Waals surface area contributed by atoms with Crippen molar-refractivity contribution < 1.29 is 17.9 Å². The second kappa shape index (κ2) is 3.06. The molecule has 1 aliphatic heterocycles. The van der Waals surface area contributed by atoms with Gasteiger partial charge in [-0.05, 0) is 0 Å². The molecule has 6 heteroatoms.